The highest BCUT2D eigenvalue weighted by atomic mass is 32.1. The Bertz CT molecular complexity index is 1190. The summed E-state index contributed by atoms with van der Waals surface area (Å²) in [5.74, 6) is -0.193. The second kappa shape index (κ2) is 8.00. The molecule has 0 aliphatic heterocycles. The van der Waals surface area contributed by atoms with E-state index in [4.69, 9.17) is 0 Å². The maximum absolute atomic E-state index is 12.4. The van der Waals surface area contributed by atoms with E-state index in [9.17, 15) is 10.1 Å². The van der Waals surface area contributed by atoms with Gasteiger partial charge >= 0.3 is 0 Å². The molecule has 0 saturated carbocycles. The fourth-order valence-electron chi connectivity index (χ4n) is 2.78. The molecule has 4 aromatic rings. The van der Waals surface area contributed by atoms with Crippen LogP contribution in [0.25, 0.3) is 22.5 Å². The first-order valence-electron chi connectivity index (χ1n) is 8.73. The Hall–Kier alpha value is -3.90. The van der Waals surface area contributed by atoms with Crippen LogP contribution in [0.3, 0.4) is 0 Å². The molecule has 142 valence electrons. The molecule has 9 heteroatoms. The highest BCUT2D eigenvalue weighted by Crippen LogP contribution is 2.26. The zero-order valence-electron chi connectivity index (χ0n) is 15.4. The number of benzene rings is 1. The molecule has 0 bridgehead atoms. The second-order valence-electron chi connectivity index (χ2n) is 6.13. The molecule has 1 amide bonds. The highest BCUT2D eigenvalue weighted by Gasteiger charge is 2.18. The first-order chi connectivity index (χ1) is 14.2. The molecule has 1 N–H and O–H groups in total. The molecule has 4 rings (SSSR count). The van der Waals surface area contributed by atoms with Crippen molar-refractivity contribution in [2.45, 2.75) is 13.0 Å². The number of anilines is 1. The van der Waals surface area contributed by atoms with Gasteiger partial charge in [0.2, 0.25) is 0 Å². The Labute approximate surface area is 170 Å². The first kappa shape index (κ1) is 18.5. The summed E-state index contributed by atoms with van der Waals surface area (Å²) in [4.78, 5) is 24.8. The average molecular weight is 401 g/mol. The van der Waals surface area contributed by atoms with Gasteiger partial charge in [0.15, 0.2) is 10.8 Å². The van der Waals surface area contributed by atoms with Crippen LogP contribution in [0.15, 0.2) is 60.5 Å². The van der Waals surface area contributed by atoms with Crippen LogP contribution >= 0.6 is 11.3 Å². The molecular formula is C20H15N7OS. The highest BCUT2D eigenvalue weighted by molar-refractivity contribution is 7.13. The minimum atomic E-state index is -0.499. The number of hydrogen-bond acceptors (Lipinski definition) is 7. The third-order valence-electron chi connectivity index (χ3n) is 4.28. The van der Waals surface area contributed by atoms with Crippen molar-refractivity contribution in [2.24, 2.45) is 0 Å². The lowest BCUT2D eigenvalue weighted by Gasteiger charge is -2.11. The Morgan fingerprint density at radius 2 is 2.00 bits per heavy atom. The summed E-state index contributed by atoms with van der Waals surface area (Å²) in [6, 6.07) is 11.0. The summed E-state index contributed by atoms with van der Waals surface area (Å²) < 4.78 is 1.61. The van der Waals surface area contributed by atoms with Gasteiger partial charge in [0.1, 0.15) is 17.8 Å². The molecule has 0 spiro atoms. The number of hydrogen-bond donors (Lipinski definition) is 1. The third-order valence-corrected chi connectivity index (χ3v) is 4.97. The van der Waals surface area contributed by atoms with Gasteiger partial charge in [-0.15, -0.1) is 11.3 Å². The maximum atomic E-state index is 12.4. The van der Waals surface area contributed by atoms with Crippen molar-refractivity contribution in [3.63, 3.8) is 0 Å². The zero-order chi connectivity index (χ0) is 20.2. The van der Waals surface area contributed by atoms with E-state index in [0.29, 0.717) is 16.5 Å². The van der Waals surface area contributed by atoms with Gasteiger partial charge in [0.25, 0.3) is 5.91 Å². The van der Waals surface area contributed by atoms with Crippen molar-refractivity contribution in [3.8, 4) is 28.6 Å². The summed E-state index contributed by atoms with van der Waals surface area (Å²) in [5, 5.41) is 18.9. The van der Waals surface area contributed by atoms with Gasteiger partial charge in [0, 0.05) is 41.3 Å². The SMILES string of the molecule is CC(C(=O)Nc1nccs1)n1ccc(-c2cccc(-c3nccnc3C#N)c2)n1. The number of nitriles is 1. The summed E-state index contributed by atoms with van der Waals surface area (Å²) in [6.07, 6.45) is 6.45. The smallest absolute Gasteiger partial charge is 0.250 e. The first-order valence-corrected chi connectivity index (χ1v) is 9.61. The Kier molecular flexibility index (Phi) is 5.09. The van der Waals surface area contributed by atoms with Crippen LogP contribution < -0.4 is 5.32 Å². The number of nitrogens with one attached hydrogen (secondary N) is 1. The third kappa shape index (κ3) is 3.88. The molecule has 3 aromatic heterocycles. The molecule has 8 nitrogen and oxygen atoms in total. The van der Waals surface area contributed by atoms with Crippen LogP contribution in [0, 0.1) is 11.3 Å². The van der Waals surface area contributed by atoms with E-state index in [1.165, 1.54) is 17.5 Å². The second-order valence-corrected chi connectivity index (χ2v) is 7.02. The average Bonchev–Trinajstić information content (AvgIpc) is 3.45. The Morgan fingerprint density at radius 1 is 1.17 bits per heavy atom. The van der Waals surface area contributed by atoms with Gasteiger partial charge in [-0.2, -0.15) is 10.4 Å². The van der Waals surface area contributed by atoms with Crippen LogP contribution in [-0.4, -0.2) is 30.6 Å². The van der Waals surface area contributed by atoms with Crippen molar-refractivity contribution in [1.29, 1.82) is 5.26 Å². The summed E-state index contributed by atoms with van der Waals surface area (Å²) in [6.45, 7) is 1.77. The van der Waals surface area contributed by atoms with Crippen molar-refractivity contribution in [2.75, 3.05) is 5.32 Å². The van der Waals surface area contributed by atoms with Crippen LogP contribution in [0.4, 0.5) is 5.13 Å². The molecule has 0 radical (unpaired) electrons. The van der Waals surface area contributed by atoms with E-state index in [1.54, 1.807) is 35.6 Å². The van der Waals surface area contributed by atoms with Crippen molar-refractivity contribution >= 4 is 22.4 Å². The van der Waals surface area contributed by atoms with E-state index in [2.05, 4.69) is 31.4 Å². The summed E-state index contributed by atoms with van der Waals surface area (Å²) in [7, 11) is 0. The van der Waals surface area contributed by atoms with Crippen LogP contribution in [-0.2, 0) is 4.79 Å². The predicted molar refractivity (Wildman–Crippen MR) is 109 cm³/mol. The van der Waals surface area contributed by atoms with Crippen LogP contribution in [0.2, 0.25) is 0 Å². The van der Waals surface area contributed by atoms with Crippen molar-refractivity contribution in [1.82, 2.24) is 24.7 Å². The lowest BCUT2D eigenvalue weighted by Crippen LogP contribution is -2.24. The summed E-state index contributed by atoms with van der Waals surface area (Å²) >= 11 is 1.36. The van der Waals surface area contributed by atoms with E-state index in [1.807, 2.05) is 30.3 Å². The maximum Gasteiger partial charge on any atom is 0.250 e. The molecule has 0 saturated heterocycles. The van der Waals surface area contributed by atoms with Gasteiger partial charge in [-0.25, -0.2) is 9.97 Å². The quantitative estimate of drug-likeness (QED) is 0.548. The standard InChI is InChI=1S/C20H15N7OS/c1-13(19(28)25-20-24-8-10-29-20)27-9-5-16(26-27)14-3-2-4-15(11-14)18-17(12-21)22-6-7-23-18/h2-11,13H,1H3,(H,24,25,28). The minimum Gasteiger partial charge on any atom is -0.300 e. The molecule has 1 atom stereocenters. The molecule has 29 heavy (non-hydrogen) atoms. The normalized spacial score (nSPS) is 11.6. The van der Waals surface area contributed by atoms with Gasteiger partial charge in [-0.3, -0.25) is 14.5 Å². The Morgan fingerprint density at radius 3 is 2.79 bits per heavy atom. The number of rotatable bonds is 5. The zero-order valence-corrected chi connectivity index (χ0v) is 16.2. The van der Waals surface area contributed by atoms with Crippen LogP contribution in [0.1, 0.15) is 18.7 Å². The fraction of sp³-hybridized carbons (Fsp3) is 0.100. The van der Waals surface area contributed by atoms with E-state index < -0.39 is 6.04 Å². The lowest BCUT2D eigenvalue weighted by atomic mass is 10.0. The number of aromatic nitrogens is 5. The fourth-order valence-corrected chi connectivity index (χ4v) is 3.31. The Balaban J connectivity index is 1.58. The van der Waals surface area contributed by atoms with Gasteiger partial charge < -0.3 is 5.32 Å². The van der Waals surface area contributed by atoms with Gasteiger partial charge in [0.05, 0.1) is 5.69 Å². The van der Waals surface area contributed by atoms with Gasteiger partial charge in [-0.05, 0) is 19.1 Å². The number of nitrogens with zero attached hydrogens (tertiary/aromatic N) is 6. The predicted octanol–water partition coefficient (Wildman–Crippen LogP) is 3.53. The number of carbonyl (C=O) groups excluding carboxylic acids is 1. The van der Waals surface area contributed by atoms with Crippen molar-refractivity contribution in [3.05, 3.63) is 66.2 Å². The minimum absolute atomic E-state index is 0.193. The van der Waals surface area contributed by atoms with Gasteiger partial charge in [-0.1, -0.05) is 18.2 Å². The van der Waals surface area contributed by atoms with E-state index in [0.717, 1.165) is 11.1 Å². The molecular weight excluding hydrogens is 386 g/mol. The molecule has 3 heterocycles. The number of amides is 1. The molecule has 0 aliphatic carbocycles. The molecule has 0 aliphatic rings. The van der Waals surface area contributed by atoms with Crippen LogP contribution in [0.5, 0.6) is 0 Å². The molecule has 1 aromatic carbocycles. The summed E-state index contributed by atoms with van der Waals surface area (Å²) in [5.41, 5.74) is 3.12. The number of thiazole rings is 1. The topological polar surface area (TPSA) is 109 Å². The van der Waals surface area contributed by atoms with Crippen molar-refractivity contribution < 1.29 is 4.79 Å². The monoisotopic (exact) mass is 401 g/mol. The van der Waals surface area contributed by atoms with E-state index >= 15 is 0 Å². The van der Waals surface area contributed by atoms with E-state index in [-0.39, 0.29) is 11.6 Å². The largest absolute Gasteiger partial charge is 0.300 e. The molecule has 0 fully saturated rings. The molecule has 1 unspecified atom stereocenters. The number of carbonyl (C=O) groups is 1. The lowest BCUT2D eigenvalue weighted by molar-refractivity contribution is -0.119.